The van der Waals surface area contributed by atoms with Crippen LogP contribution in [-0.4, -0.2) is 56.9 Å². The average molecular weight is 317 g/mol. The lowest BCUT2D eigenvalue weighted by molar-refractivity contribution is 0.170. The summed E-state index contributed by atoms with van der Waals surface area (Å²) in [7, 11) is -1.31. The van der Waals surface area contributed by atoms with Crippen molar-refractivity contribution in [2.24, 2.45) is 0 Å². The van der Waals surface area contributed by atoms with Crippen molar-refractivity contribution in [2.75, 3.05) is 33.2 Å². The maximum absolute atomic E-state index is 12.7. The van der Waals surface area contributed by atoms with Gasteiger partial charge in [0.05, 0.1) is 0 Å². The molecule has 1 fully saturated rings. The summed E-state index contributed by atoms with van der Waals surface area (Å²) in [5, 5.41) is 3.22. The van der Waals surface area contributed by atoms with Gasteiger partial charge in [-0.3, -0.25) is 0 Å². The smallest absolute Gasteiger partial charge is 0.252 e. The highest BCUT2D eigenvalue weighted by Crippen LogP contribution is 2.27. The van der Waals surface area contributed by atoms with E-state index in [0.29, 0.717) is 10.8 Å². The summed E-state index contributed by atoms with van der Waals surface area (Å²) in [5.74, 6) is 0. The summed E-state index contributed by atoms with van der Waals surface area (Å²) >= 11 is 1.37. The molecule has 20 heavy (non-hydrogen) atoms. The Hall–Kier alpha value is -0.470. The summed E-state index contributed by atoms with van der Waals surface area (Å²) in [5.41, 5.74) is 0. The quantitative estimate of drug-likeness (QED) is 0.886. The van der Waals surface area contributed by atoms with E-state index < -0.39 is 10.0 Å². The van der Waals surface area contributed by atoms with Crippen LogP contribution in [0.1, 0.15) is 18.7 Å². The molecule has 2 heterocycles. The van der Waals surface area contributed by atoms with Crippen molar-refractivity contribution in [2.45, 2.75) is 30.6 Å². The Morgan fingerprint density at radius 1 is 1.40 bits per heavy atom. The predicted octanol–water partition coefficient (Wildman–Crippen LogP) is 1.18. The van der Waals surface area contributed by atoms with Gasteiger partial charge in [0, 0.05) is 37.1 Å². The Kier molecular flexibility index (Phi) is 5.19. The molecule has 114 valence electrons. The fraction of sp³-hybridized carbons (Fsp3) is 0.692. The molecule has 2 rings (SSSR count). The highest BCUT2D eigenvalue weighted by Gasteiger charge is 2.33. The van der Waals surface area contributed by atoms with E-state index in [4.69, 9.17) is 0 Å². The van der Waals surface area contributed by atoms with Crippen molar-refractivity contribution in [3.63, 3.8) is 0 Å². The zero-order valence-corrected chi connectivity index (χ0v) is 13.9. The van der Waals surface area contributed by atoms with E-state index in [9.17, 15) is 8.42 Å². The van der Waals surface area contributed by atoms with Gasteiger partial charge >= 0.3 is 0 Å². The lowest BCUT2D eigenvalue weighted by Gasteiger charge is -2.36. The van der Waals surface area contributed by atoms with Crippen LogP contribution in [-0.2, 0) is 16.6 Å². The monoisotopic (exact) mass is 317 g/mol. The van der Waals surface area contributed by atoms with Crippen molar-refractivity contribution in [3.8, 4) is 0 Å². The first-order chi connectivity index (χ1) is 9.45. The van der Waals surface area contributed by atoms with Gasteiger partial charge in [-0.2, -0.15) is 4.31 Å². The molecule has 0 radical (unpaired) electrons. The number of likely N-dealkylation sites (N-methyl/N-ethyl adjacent to an activating group) is 1. The Balaban J connectivity index is 2.15. The zero-order chi connectivity index (χ0) is 14.8. The van der Waals surface area contributed by atoms with Crippen LogP contribution >= 0.6 is 11.3 Å². The molecule has 0 aromatic carbocycles. The fourth-order valence-corrected chi connectivity index (χ4v) is 5.50. The molecular weight excluding hydrogens is 294 g/mol. The molecule has 1 atom stereocenters. The van der Waals surface area contributed by atoms with Gasteiger partial charge in [-0.05, 0) is 32.6 Å². The number of thiophene rings is 1. The molecule has 1 aliphatic rings. The third-order valence-electron chi connectivity index (χ3n) is 3.52. The minimum Gasteiger partial charge on any atom is -0.312 e. The Morgan fingerprint density at radius 3 is 2.80 bits per heavy atom. The first-order valence-corrected chi connectivity index (χ1v) is 9.20. The molecule has 1 unspecified atom stereocenters. The lowest BCUT2D eigenvalue weighted by Crippen LogP contribution is -2.52. The number of piperazine rings is 1. The summed E-state index contributed by atoms with van der Waals surface area (Å²) in [6.45, 7) is 7.77. The third kappa shape index (κ3) is 3.40. The van der Waals surface area contributed by atoms with E-state index >= 15 is 0 Å². The SMILES string of the molecule is CCNCc1ccc(S(=O)(=O)N2CCN(C)CC2C)s1. The Morgan fingerprint density at radius 2 is 2.15 bits per heavy atom. The van der Waals surface area contributed by atoms with Crippen LogP contribution in [0.2, 0.25) is 0 Å². The van der Waals surface area contributed by atoms with Gasteiger partial charge < -0.3 is 10.2 Å². The number of sulfonamides is 1. The van der Waals surface area contributed by atoms with Crippen LogP contribution in [0.5, 0.6) is 0 Å². The number of nitrogens with one attached hydrogen (secondary N) is 1. The number of rotatable bonds is 5. The van der Waals surface area contributed by atoms with E-state index in [1.807, 2.05) is 27.0 Å². The molecule has 1 aromatic heterocycles. The third-order valence-corrected chi connectivity index (χ3v) is 7.09. The molecule has 0 amide bonds. The molecule has 1 N–H and O–H groups in total. The number of hydrogen-bond acceptors (Lipinski definition) is 5. The van der Waals surface area contributed by atoms with E-state index in [2.05, 4.69) is 10.2 Å². The van der Waals surface area contributed by atoms with Gasteiger partial charge in [0.2, 0.25) is 0 Å². The van der Waals surface area contributed by atoms with Gasteiger partial charge in [0.15, 0.2) is 0 Å². The average Bonchev–Trinajstić information content (AvgIpc) is 2.85. The molecule has 5 nitrogen and oxygen atoms in total. The first-order valence-electron chi connectivity index (χ1n) is 6.95. The minimum absolute atomic E-state index is 0.0260. The highest BCUT2D eigenvalue weighted by atomic mass is 32.2. The molecule has 0 aliphatic carbocycles. The van der Waals surface area contributed by atoms with E-state index in [1.54, 1.807) is 10.4 Å². The standard InChI is InChI=1S/C13H23N3O2S2/c1-4-14-9-12-5-6-13(19-12)20(17,18)16-8-7-15(3)10-11(16)2/h5-6,11,14H,4,7-10H2,1-3H3. The maximum atomic E-state index is 12.7. The van der Waals surface area contributed by atoms with Crippen LogP contribution in [0.25, 0.3) is 0 Å². The Labute approximate surface area is 125 Å². The van der Waals surface area contributed by atoms with Gasteiger partial charge in [-0.15, -0.1) is 11.3 Å². The van der Waals surface area contributed by atoms with Crippen LogP contribution in [0, 0.1) is 0 Å². The second-order valence-electron chi connectivity index (χ2n) is 5.23. The predicted molar refractivity (Wildman–Crippen MR) is 82.6 cm³/mol. The number of nitrogens with zero attached hydrogens (tertiary/aromatic N) is 2. The van der Waals surface area contributed by atoms with Crippen LogP contribution < -0.4 is 5.32 Å². The van der Waals surface area contributed by atoms with Crippen LogP contribution in [0.4, 0.5) is 0 Å². The van der Waals surface area contributed by atoms with Crippen molar-refractivity contribution >= 4 is 21.4 Å². The summed E-state index contributed by atoms with van der Waals surface area (Å²) in [6.07, 6.45) is 0. The first kappa shape index (κ1) is 15.9. The van der Waals surface area contributed by atoms with Crippen molar-refractivity contribution in [3.05, 3.63) is 17.0 Å². The normalized spacial score (nSPS) is 22.2. The summed E-state index contributed by atoms with van der Waals surface area (Å²) in [4.78, 5) is 3.23. The van der Waals surface area contributed by atoms with Crippen LogP contribution in [0.3, 0.4) is 0 Å². The van der Waals surface area contributed by atoms with Gasteiger partial charge in [0.1, 0.15) is 4.21 Å². The molecular formula is C13H23N3O2S2. The Bertz CT molecular complexity index is 542. The molecule has 0 spiro atoms. The molecule has 1 aromatic rings. The van der Waals surface area contributed by atoms with Crippen molar-refractivity contribution in [1.29, 1.82) is 0 Å². The van der Waals surface area contributed by atoms with Crippen LogP contribution in [0.15, 0.2) is 16.3 Å². The molecule has 1 aliphatic heterocycles. The summed E-state index contributed by atoms with van der Waals surface area (Å²) in [6, 6.07) is 3.66. The van der Waals surface area contributed by atoms with Gasteiger partial charge in [-0.25, -0.2) is 8.42 Å². The van der Waals surface area contributed by atoms with Crippen molar-refractivity contribution in [1.82, 2.24) is 14.5 Å². The molecule has 7 heteroatoms. The molecule has 0 bridgehead atoms. The topological polar surface area (TPSA) is 52.7 Å². The second-order valence-corrected chi connectivity index (χ2v) is 8.51. The summed E-state index contributed by atoms with van der Waals surface area (Å²) < 4.78 is 27.5. The molecule has 0 saturated carbocycles. The maximum Gasteiger partial charge on any atom is 0.252 e. The van der Waals surface area contributed by atoms with Crippen molar-refractivity contribution < 1.29 is 8.42 Å². The largest absolute Gasteiger partial charge is 0.312 e. The number of hydrogen-bond donors (Lipinski definition) is 1. The van der Waals surface area contributed by atoms with E-state index in [-0.39, 0.29) is 6.04 Å². The van der Waals surface area contributed by atoms with E-state index in [0.717, 1.165) is 31.1 Å². The molecule has 1 saturated heterocycles. The lowest BCUT2D eigenvalue weighted by atomic mass is 10.2. The van der Waals surface area contributed by atoms with Gasteiger partial charge in [0.25, 0.3) is 10.0 Å². The van der Waals surface area contributed by atoms with Gasteiger partial charge in [-0.1, -0.05) is 6.92 Å². The fourth-order valence-electron chi connectivity index (χ4n) is 2.44. The minimum atomic E-state index is -3.34. The zero-order valence-electron chi connectivity index (χ0n) is 12.3. The highest BCUT2D eigenvalue weighted by molar-refractivity contribution is 7.91. The second kappa shape index (κ2) is 6.53. The van der Waals surface area contributed by atoms with E-state index in [1.165, 1.54) is 11.3 Å².